The van der Waals surface area contributed by atoms with Gasteiger partial charge >= 0.3 is 11.8 Å². The van der Waals surface area contributed by atoms with Gasteiger partial charge in [-0.15, -0.1) is 23.7 Å². The fourth-order valence-corrected chi connectivity index (χ4v) is 6.12. The number of piperidine rings is 1. The summed E-state index contributed by atoms with van der Waals surface area (Å²) in [4.78, 5) is 49.6. The predicted octanol–water partition coefficient (Wildman–Crippen LogP) is 0.488. The molecule has 2 aliphatic rings. The van der Waals surface area contributed by atoms with Crippen molar-refractivity contribution in [2.45, 2.75) is 31.5 Å². The molecule has 0 radical (unpaired) electrons. The molecule has 2 aromatic rings. The molecule has 0 saturated carbocycles. The van der Waals surface area contributed by atoms with Crippen molar-refractivity contribution in [1.29, 1.82) is 0 Å². The third kappa shape index (κ3) is 7.36. The third-order valence-electron chi connectivity index (χ3n) is 5.97. The molecule has 3 N–H and O–H groups in total. The zero-order chi connectivity index (χ0) is 26.0. The first-order chi connectivity index (χ1) is 17.0. The molecular weight excluding hydrogens is 565 g/mol. The molecule has 1 fully saturated rings. The van der Waals surface area contributed by atoms with E-state index >= 15 is 0 Å². The fraction of sp³-hybridized carbons (Fsp3) is 0.476. The Bertz CT molecular complexity index is 1270. The standard InChI is InChI=1S/C21H26ClN7O5S2.ClH/c1-28-7-5-14-16(11-28)35-21(26-14)20(32)25-15-10-29(36(2,33)34)8-6-13(15)24-18(30)19(31)27-17-4-3-12(22)9-23-17;/h3-4,9,13,15H,5-8,10-11H2,1-2H3,(H,24,30)(H,25,32)(H,23,27,31);1H/t13-,15+;/m0./s1. The van der Waals surface area contributed by atoms with Crippen LogP contribution in [0, 0.1) is 0 Å². The molecule has 16 heteroatoms. The lowest BCUT2D eigenvalue weighted by Gasteiger charge is -2.37. The SMILES string of the molecule is CN1CCc2nc(C(=O)N[C@@H]3CN(S(C)(=O)=O)CC[C@@H]3NC(=O)C(=O)Nc3ccc(Cl)cn3)sc2C1.Cl. The van der Waals surface area contributed by atoms with E-state index in [2.05, 4.69) is 30.8 Å². The van der Waals surface area contributed by atoms with Crippen LogP contribution in [0.5, 0.6) is 0 Å². The van der Waals surface area contributed by atoms with E-state index in [4.69, 9.17) is 11.6 Å². The molecule has 0 spiro atoms. The second kappa shape index (κ2) is 12.0. The van der Waals surface area contributed by atoms with Crippen LogP contribution in [0.15, 0.2) is 18.3 Å². The Balaban J connectivity index is 0.00000380. The van der Waals surface area contributed by atoms with Gasteiger partial charge < -0.3 is 20.9 Å². The van der Waals surface area contributed by atoms with E-state index in [0.717, 1.165) is 29.8 Å². The van der Waals surface area contributed by atoms with Gasteiger partial charge in [-0.25, -0.2) is 18.4 Å². The Labute approximate surface area is 229 Å². The average molecular weight is 593 g/mol. The Kier molecular flexibility index (Phi) is 9.47. The van der Waals surface area contributed by atoms with Crippen LogP contribution in [-0.4, -0.2) is 90.3 Å². The fourth-order valence-electron chi connectivity index (χ4n) is 4.05. The van der Waals surface area contributed by atoms with Crippen molar-refractivity contribution in [1.82, 2.24) is 29.8 Å². The maximum atomic E-state index is 13.0. The highest BCUT2D eigenvalue weighted by molar-refractivity contribution is 7.88. The first kappa shape index (κ1) is 29.2. The lowest BCUT2D eigenvalue weighted by atomic mass is 10.0. The van der Waals surface area contributed by atoms with Gasteiger partial charge in [0.25, 0.3) is 5.91 Å². The number of hydrogen-bond donors (Lipinski definition) is 3. The second-order valence-electron chi connectivity index (χ2n) is 8.76. The number of sulfonamides is 1. The molecule has 12 nitrogen and oxygen atoms in total. The number of carbonyl (C=O) groups excluding carboxylic acids is 3. The summed E-state index contributed by atoms with van der Waals surface area (Å²) >= 11 is 7.08. The third-order valence-corrected chi connectivity index (χ3v) is 8.54. The van der Waals surface area contributed by atoms with Gasteiger partial charge in [0, 0.05) is 43.7 Å². The summed E-state index contributed by atoms with van der Waals surface area (Å²) in [5.41, 5.74) is 0.891. The van der Waals surface area contributed by atoms with E-state index in [1.807, 2.05) is 7.05 Å². The maximum absolute atomic E-state index is 13.0. The summed E-state index contributed by atoms with van der Waals surface area (Å²) in [5.74, 6) is -2.19. The van der Waals surface area contributed by atoms with Gasteiger partial charge in [-0.1, -0.05) is 11.6 Å². The highest BCUT2D eigenvalue weighted by atomic mass is 35.5. The summed E-state index contributed by atoms with van der Waals surface area (Å²) in [6.07, 6.45) is 3.37. The van der Waals surface area contributed by atoms with Gasteiger partial charge in [0.05, 0.1) is 29.1 Å². The summed E-state index contributed by atoms with van der Waals surface area (Å²) < 4.78 is 25.5. The van der Waals surface area contributed by atoms with Crippen molar-refractivity contribution in [2.75, 3.05) is 38.3 Å². The molecule has 0 bridgehead atoms. The molecule has 0 aromatic carbocycles. The molecule has 3 amide bonds. The molecule has 37 heavy (non-hydrogen) atoms. The first-order valence-corrected chi connectivity index (χ1v) is 14.2. The van der Waals surface area contributed by atoms with Crippen LogP contribution in [0.4, 0.5) is 5.82 Å². The number of amides is 3. The Morgan fingerprint density at radius 2 is 1.89 bits per heavy atom. The van der Waals surface area contributed by atoms with Crippen LogP contribution in [-0.2, 0) is 32.6 Å². The van der Waals surface area contributed by atoms with Crippen LogP contribution in [0.1, 0.15) is 26.8 Å². The maximum Gasteiger partial charge on any atom is 0.314 e. The van der Waals surface area contributed by atoms with Crippen molar-refractivity contribution in [3.63, 3.8) is 0 Å². The zero-order valence-corrected chi connectivity index (χ0v) is 23.3. The van der Waals surface area contributed by atoms with Crippen LogP contribution >= 0.6 is 35.3 Å². The van der Waals surface area contributed by atoms with E-state index in [1.165, 1.54) is 34.0 Å². The van der Waals surface area contributed by atoms with E-state index in [1.54, 1.807) is 0 Å². The molecule has 2 atom stereocenters. The molecule has 1 saturated heterocycles. The number of aromatic nitrogens is 2. The highest BCUT2D eigenvalue weighted by Gasteiger charge is 2.36. The van der Waals surface area contributed by atoms with Crippen molar-refractivity contribution in [2.24, 2.45) is 0 Å². The normalized spacial score (nSPS) is 20.3. The van der Waals surface area contributed by atoms with Crippen LogP contribution in [0.3, 0.4) is 0 Å². The van der Waals surface area contributed by atoms with Gasteiger partial charge in [0.15, 0.2) is 5.01 Å². The molecule has 4 heterocycles. The van der Waals surface area contributed by atoms with Crippen LogP contribution in [0.25, 0.3) is 0 Å². The number of likely N-dealkylation sites (N-methyl/N-ethyl adjacent to an activating group) is 1. The van der Waals surface area contributed by atoms with E-state index in [-0.39, 0.29) is 42.7 Å². The van der Waals surface area contributed by atoms with Gasteiger partial charge in [0.2, 0.25) is 10.0 Å². The predicted molar refractivity (Wildman–Crippen MR) is 141 cm³/mol. The number of carbonyl (C=O) groups is 3. The molecular formula is C21H27Cl2N7O5S2. The Morgan fingerprint density at radius 1 is 1.14 bits per heavy atom. The average Bonchev–Trinajstić information content (AvgIpc) is 3.24. The molecule has 202 valence electrons. The number of halogens is 2. The van der Waals surface area contributed by atoms with Crippen molar-refractivity contribution >= 4 is 68.9 Å². The monoisotopic (exact) mass is 591 g/mol. The Morgan fingerprint density at radius 3 is 2.57 bits per heavy atom. The van der Waals surface area contributed by atoms with E-state index in [0.29, 0.717) is 11.6 Å². The number of fused-ring (bicyclic) bond motifs is 1. The number of pyridine rings is 1. The minimum Gasteiger partial charge on any atom is -0.344 e. The molecule has 2 aromatic heterocycles. The first-order valence-electron chi connectivity index (χ1n) is 11.2. The molecule has 2 aliphatic heterocycles. The summed E-state index contributed by atoms with van der Waals surface area (Å²) in [6.45, 7) is 1.64. The number of nitrogens with one attached hydrogen (secondary N) is 3. The summed E-state index contributed by atoms with van der Waals surface area (Å²) in [6, 6.07) is 1.52. The smallest absolute Gasteiger partial charge is 0.314 e. The van der Waals surface area contributed by atoms with Crippen LogP contribution < -0.4 is 16.0 Å². The van der Waals surface area contributed by atoms with Gasteiger partial charge in [-0.3, -0.25) is 14.4 Å². The number of hydrogen-bond acceptors (Lipinski definition) is 9. The summed E-state index contributed by atoms with van der Waals surface area (Å²) in [5, 5.41) is 8.48. The summed E-state index contributed by atoms with van der Waals surface area (Å²) in [7, 11) is -1.53. The topological polar surface area (TPSA) is 154 Å². The molecule has 4 rings (SSSR count). The van der Waals surface area contributed by atoms with Crippen LogP contribution in [0.2, 0.25) is 5.02 Å². The minimum absolute atomic E-state index is 0. The highest BCUT2D eigenvalue weighted by Crippen LogP contribution is 2.25. The van der Waals surface area contributed by atoms with Crippen molar-refractivity contribution < 1.29 is 22.8 Å². The second-order valence-corrected chi connectivity index (χ2v) is 12.3. The Hall–Kier alpha value is -2.36. The molecule has 0 aliphatic carbocycles. The van der Waals surface area contributed by atoms with Gasteiger partial charge in [-0.05, 0) is 25.6 Å². The zero-order valence-electron chi connectivity index (χ0n) is 20.1. The number of anilines is 1. The number of thiazole rings is 1. The van der Waals surface area contributed by atoms with Gasteiger partial charge in [-0.2, -0.15) is 4.31 Å². The van der Waals surface area contributed by atoms with E-state index < -0.39 is 39.8 Å². The quantitative estimate of drug-likeness (QED) is 0.424. The molecule has 0 unspecified atom stereocenters. The lowest BCUT2D eigenvalue weighted by molar-refractivity contribution is -0.136. The number of rotatable bonds is 5. The van der Waals surface area contributed by atoms with Crippen molar-refractivity contribution in [3.8, 4) is 0 Å². The lowest BCUT2D eigenvalue weighted by Crippen LogP contribution is -2.62. The van der Waals surface area contributed by atoms with E-state index in [9.17, 15) is 22.8 Å². The largest absolute Gasteiger partial charge is 0.344 e. The number of nitrogens with zero attached hydrogens (tertiary/aromatic N) is 4. The minimum atomic E-state index is -3.53. The van der Waals surface area contributed by atoms with Gasteiger partial charge in [0.1, 0.15) is 5.82 Å². The van der Waals surface area contributed by atoms with Crippen molar-refractivity contribution in [3.05, 3.63) is 38.9 Å².